The lowest BCUT2D eigenvalue weighted by Gasteiger charge is -2.36. The zero-order chi connectivity index (χ0) is 35.8. The van der Waals surface area contributed by atoms with Crippen molar-refractivity contribution in [1.29, 1.82) is 0 Å². The maximum absolute atomic E-state index is 14.5. The predicted molar refractivity (Wildman–Crippen MR) is 202 cm³/mol. The second-order valence-corrected chi connectivity index (χ2v) is 16.8. The van der Waals surface area contributed by atoms with E-state index in [2.05, 4.69) is 54.6 Å². The van der Waals surface area contributed by atoms with E-state index in [1.54, 1.807) is 30.3 Å². The summed E-state index contributed by atoms with van der Waals surface area (Å²) >= 11 is 6.57. The van der Waals surface area contributed by atoms with Gasteiger partial charge in [0.1, 0.15) is 4.90 Å². The number of benzene rings is 4. The van der Waals surface area contributed by atoms with E-state index in [4.69, 9.17) is 11.6 Å². The summed E-state index contributed by atoms with van der Waals surface area (Å²) in [5.74, 6) is -0.190. The molecule has 51 heavy (non-hydrogen) atoms. The van der Waals surface area contributed by atoms with E-state index in [9.17, 15) is 18.0 Å². The van der Waals surface area contributed by atoms with Crippen molar-refractivity contribution in [2.24, 2.45) is 0 Å². The third kappa shape index (κ3) is 5.82. The molecule has 0 unspecified atom stereocenters. The molecule has 4 aromatic rings. The van der Waals surface area contributed by atoms with Crippen molar-refractivity contribution >= 4 is 50.5 Å². The van der Waals surface area contributed by atoms with Gasteiger partial charge in [-0.1, -0.05) is 59.1 Å². The zero-order valence-corrected chi connectivity index (χ0v) is 30.8. The summed E-state index contributed by atoms with van der Waals surface area (Å²) in [4.78, 5) is 36.9. The topological polar surface area (TPSA) is 93.3 Å². The van der Waals surface area contributed by atoms with E-state index in [-0.39, 0.29) is 62.5 Å². The maximum atomic E-state index is 14.5. The van der Waals surface area contributed by atoms with E-state index in [0.717, 1.165) is 72.6 Å². The first-order valence-electron chi connectivity index (χ1n) is 17.6. The summed E-state index contributed by atoms with van der Waals surface area (Å²) in [7, 11) is -0.133. The Hall–Kier alpha value is -4.22. The molecule has 0 bridgehead atoms. The zero-order valence-electron chi connectivity index (χ0n) is 29.3. The number of rotatable bonds is 5. The number of fused-ring (bicyclic) bond motifs is 6. The lowest BCUT2D eigenvalue weighted by molar-refractivity contribution is 0.0957. The number of aryl methyl sites for hydroxylation is 2. The number of anilines is 3. The van der Waals surface area contributed by atoms with Crippen LogP contribution in [0, 0.1) is 13.8 Å². The number of halogens is 1. The highest BCUT2D eigenvalue weighted by Gasteiger charge is 2.46. The molecule has 0 aromatic heterocycles. The van der Waals surface area contributed by atoms with E-state index < -0.39 is 10.0 Å². The normalized spacial score (nSPS) is 23.0. The Balaban J connectivity index is 1.11. The van der Waals surface area contributed by atoms with Gasteiger partial charge in [0.15, 0.2) is 0 Å². The molecule has 0 aliphatic carbocycles. The molecule has 0 saturated carbocycles. The number of amides is 2. The van der Waals surface area contributed by atoms with Crippen LogP contribution in [0.5, 0.6) is 0 Å². The molecule has 4 atom stereocenters. The number of nitrogens with one attached hydrogen (secondary N) is 1. The summed E-state index contributed by atoms with van der Waals surface area (Å²) in [5.41, 5.74) is 6.92. The smallest absolute Gasteiger partial charge is 0.263 e. The molecular weight excluding hydrogens is 682 g/mol. The van der Waals surface area contributed by atoms with E-state index in [1.807, 2.05) is 34.1 Å². The van der Waals surface area contributed by atoms with Crippen LogP contribution in [0.2, 0.25) is 5.02 Å². The van der Waals surface area contributed by atoms with E-state index in [1.165, 1.54) is 12.1 Å². The number of carbonyl (C=O) groups excluding carboxylic acids is 2. The number of hydrogen-bond donors (Lipinski definition) is 1. The molecule has 2 fully saturated rings. The van der Waals surface area contributed by atoms with Gasteiger partial charge in [0.05, 0.1) is 16.3 Å². The van der Waals surface area contributed by atoms with E-state index >= 15 is 0 Å². The minimum Gasteiger partial charge on any atom is -0.306 e. The molecule has 2 amide bonds. The summed E-state index contributed by atoms with van der Waals surface area (Å²) < 4.78 is 31.0. The van der Waals surface area contributed by atoms with Crippen LogP contribution in [0.15, 0.2) is 83.8 Å². The summed E-state index contributed by atoms with van der Waals surface area (Å²) in [6.07, 6.45) is 1.62. The number of nitrogens with zero attached hydrogens (tertiary/aromatic N) is 4. The van der Waals surface area contributed by atoms with Crippen molar-refractivity contribution in [3.05, 3.63) is 117 Å². The maximum Gasteiger partial charge on any atom is 0.263 e. The standard InChI is InChI=1S/C40H42ClN5O4S/c1-24-9-13-34-28(19-24)30-22-43(3)17-15-36(30)45(34)39(47)26-11-12-32(41)38(21-26)51(49,50)42-33-8-6-5-7-27(33)40(48)46-35-14-10-25(2)20-29(35)31-23-44(4)18-16-37(31)46/h5-14,19-21,30-31,36-37,42H,15-18,22-23H2,1-4H3/t30-,31+,36-,37-/m0/s1. The number of likely N-dealkylation sites (tertiary alicyclic amines) is 2. The van der Waals surface area contributed by atoms with Crippen LogP contribution in [0.25, 0.3) is 0 Å². The van der Waals surface area contributed by atoms with Gasteiger partial charge in [-0.25, -0.2) is 8.42 Å². The highest BCUT2D eigenvalue weighted by atomic mass is 35.5. The van der Waals surface area contributed by atoms with Gasteiger partial charge in [0.25, 0.3) is 21.8 Å². The molecule has 9 nitrogen and oxygen atoms in total. The van der Waals surface area contributed by atoms with Crippen LogP contribution in [0.3, 0.4) is 0 Å². The number of piperidine rings is 2. The molecule has 11 heteroatoms. The fourth-order valence-electron chi connectivity index (χ4n) is 8.76. The molecule has 0 radical (unpaired) electrons. The van der Waals surface area contributed by atoms with Gasteiger partial charge in [0.2, 0.25) is 0 Å². The van der Waals surface area contributed by atoms with Gasteiger partial charge >= 0.3 is 0 Å². The fourth-order valence-corrected chi connectivity index (χ4v) is 10.4. The van der Waals surface area contributed by atoms with Crippen LogP contribution < -0.4 is 14.5 Å². The Bertz CT molecular complexity index is 2190. The Morgan fingerprint density at radius 1 is 0.725 bits per heavy atom. The van der Waals surface area contributed by atoms with Gasteiger partial charge in [-0.2, -0.15) is 0 Å². The second kappa shape index (κ2) is 12.8. The minimum absolute atomic E-state index is 0.0181. The number of carbonyl (C=O) groups is 2. The van der Waals surface area contributed by atoms with Crippen LogP contribution in [0.1, 0.15) is 67.6 Å². The minimum atomic E-state index is -4.33. The molecule has 4 aliphatic rings. The van der Waals surface area contributed by atoms with Crippen molar-refractivity contribution in [3.8, 4) is 0 Å². The van der Waals surface area contributed by atoms with Crippen molar-refractivity contribution in [3.63, 3.8) is 0 Å². The van der Waals surface area contributed by atoms with Crippen molar-refractivity contribution in [2.45, 2.75) is 55.5 Å². The average molecular weight is 724 g/mol. The second-order valence-electron chi connectivity index (χ2n) is 14.7. The van der Waals surface area contributed by atoms with Crippen LogP contribution >= 0.6 is 11.6 Å². The average Bonchev–Trinajstić information content (AvgIpc) is 3.59. The molecule has 4 aliphatic heterocycles. The van der Waals surface area contributed by atoms with Crippen LogP contribution in [0.4, 0.5) is 17.1 Å². The van der Waals surface area contributed by atoms with Gasteiger partial charge in [0, 0.05) is 53.9 Å². The monoisotopic (exact) mass is 723 g/mol. The fraction of sp³-hybridized carbons (Fsp3) is 0.350. The SMILES string of the molecule is Cc1ccc2c(c1)[C@H]1CN(C)CC[C@@H]1N2C(=O)c1ccccc1NS(=O)(=O)c1cc(C(=O)N2c3ccc(C)cc3[C@@H]3CN(C)CC[C@@H]32)ccc1Cl. The lowest BCUT2D eigenvalue weighted by atomic mass is 9.88. The molecule has 2 saturated heterocycles. The first-order chi connectivity index (χ1) is 24.4. The van der Waals surface area contributed by atoms with Crippen molar-refractivity contribution < 1.29 is 18.0 Å². The molecule has 4 aromatic carbocycles. The van der Waals surface area contributed by atoms with Gasteiger partial charge in [-0.05, 0) is 107 Å². The highest BCUT2D eigenvalue weighted by molar-refractivity contribution is 7.92. The van der Waals surface area contributed by atoms with Gasteiger partial charge < -0.3 is 19.6 Å². The van der Waals surface area contributed by atoms with Gasteiger partial charge in [-0.3, -0.25) is 14.3 Å². The molecule has 1 N–H and O–H groups in total. The first-order valence-corrected chi connectivity index (χ1v) is 19.4. The van der Waals surface area contributed by atoms with Crippen molar-refractivity contribution in [1.82, 2.24) is 9.80 Å². The Kier molecular flexibility index (Phi) is 8.49. The molecular formula is C40H42ClN5O4S. The number of para-hydroxylation sites is 1. The highest BCUT2D eigenvalue weighted by Crippen LogP contribution is 2.47. The van der Waals surface area contributed by atoms with E-state index in [0.29, 0.717) is 0 Å². The Labute approximate surface area is 304 Å². The predicted octanol–water partition coefficient (Wildman–Crippen LogP) is 6.65. The van der Waals surface area contributed by atoms with Crippen molar-refractivity contribution in [2.75, 3.05) is 54.8 Å². The Morgan fingerprint density at radius 3 is 1.86 bits per heavy atom. The molecule has 264 valence electrons. The summed E-state index contributed by atoms with van der Waals surface area (Å²) in [6, 6.07) is 23.4. The van der Waals surface area contributed by atoms with Crippen LogP contribution in [-0.4, -0.2) is 82.4 Å². The quantitative estimate of drug-likeness (QED) is 0.248. The third-order valence-corrected chi connectivity index (χ3v) is 13.1. The molecule has 8 rings (SSSR count). The van der Waals surface area contributed by atoms with Gasteiger partial charge in [-0.15, -0.1) is 0 Å². The summed E-state index contributed by atoms with van der Waals surface area (Å²) in [6.45, 7) is 7.52. The Morgan fingerprint density at radius 2 is 1.27 bits per heavy atom. The third-order valence-electron chi connectivity index (χ3n) is 11.2. The number of hydrogen-bond acceptors (Lipinski definition) is 6. The number of likely N-dealkylation sites (N-methyl/N-ethyl adjacent to an activating group) is 2. The first kappa shape index (κ1) is 33.9. The summed E-state index contributed by atoms with van der Waals surface area (Å²) in [5, 5.41) is -0.0181. The molecule has 4 heterocycles. The molecule has 0 spiro atoms. The van der Waals surface area contributed by atoms with Crippen LogP contribution in [-0.2, 0) is 10.0 Å². The lowest BCUT2D eigenvalue weighted by Crippen LogP contribution is -2.47. The number of sulfonamides is 1. The largest absolute Gasteiger partial charge is 0.306 e.